The van der Waals surface area contributed by atoms with Gasteiger partial charge in [-0.25, -0.2) is 0 Å². The van der Waals surface area contributed by atoms with Crippen molar-refractivity contribution in [3.8, 4) is 0 Å². The zero-order valence-corrected chi connectivity index (χ0v) is 16.0. The zero-order chi connectivity index (χ0) is 18.2. The van der Waals surface area contributed by atoms with E-state index in [0.717, 1.165) is 24.7 Å². The number of ether oxygens (including phenoxy) is 1. The van der Waals surface area contributed by atoms with Crippen molar-refractivity contribution in [3.05, 3.63) is 29.8 Å². The van der Waals surface area contributed by atoms with Crippen LogP contribution in [0.4, 0.5) is 0 Å². The Morgan fingerprint density at radius 1 is 1.04 bits per heavy atom. The molecule has 25 heavy (non-hydrogen) atoms. The molecule has 3 rings (SSSR count). The standard InChI is InChI=1S/C20H29BO4/c1-14(22)23-18-9-7-6-8-17(18)15-10-12-16(13-11-15)21-24-19(2,3)20(4,5)25-21/h10-13,17-18H,6-9H2,1-5H3. The van der Waals surface area contributed by atoms with E-state index in [2.05, 4.69) is 52.0 Å². The predicted molar refractivity (Wildman–Crippen MR) is 98.9 cm³/mol. The fourth-order valence-corrected chi connectivity index (χ4v) is 3.71. The molecule has 1 aromatic carbocycles. The third-order valence-corrected chi connectivity index (χ3v) is 5.91. The molecular weight excluding hydrogens is 315 g/mol. The van der Waals surface area contributed by atoms with Crippen molar-refractivity contribution >= 4 is 18.6 Å². The second kappa shape index (κ2) is 6.77. The van der Waals surface area contributed by atoms with Crippen LogP contribution in [0.3, 0.4) is 0 Å². The highest BCUT2D eigenvalue weighted by Gasteiger charge is 2.51. The Kier molecular flexibility index (Phi) is 5.00. The first-order chi connectivity index (χ1) is 11.7. The SMILES string of the molecule is CC(=O)OC1CCCCC1c1ccc(B2OC(C)(C)C(C)(C)O2)cc1. The average molecular weight is 344 g/mol. The molecule has 0 aromatic heterocycles. The molecule has 2 atom stereocenters. The van der Waals surface area contributed by atoms with E-state index in [0.29, 0.717) is 0 Å². The van der Waals surface area contributed by atoms with E-state index in [-0.39, 0.29) is 36.3 Å². The van der Waals surface area contributed by atoms with Crippen LogP contribution >= 0.6 is 0 Å². The van der Waals surface area contributed by atoms with Gasteiger partial charge in [0.25, 0.3) is 0 Å². The third-order valence-electron chi connectivity index (χ3n) is 5.91. The summed E-state index contributed by atoms with van der Waals surface area (Å²) in [6.07, 6.45) is 4.31. The van der Waals surface area contributed by atoms with Crippen LogP contribution in [0.15, 0.2) is 24.3 Å². The van der Waals surface area contributed by atoms with Crippen LogP contribution in [0.5, 0.6) is 0 Å². The molecule has 0 amide bonds. The predicted octanol–water partition coefficient (Wildman–Crippen LogP) is 3.58. The highest BCUT2D eigenvalue weighted by Crippen LogP contribution is 2.37. The van der Waals surface area contributed by atoms with E-state index in [9.17, 15) is 4.79 Å². The molecule has 1 saturated carbocycles. The number of esters is 1. The van der Waals surface area contributed by atoms with Gasteiger partial charge in [0, 0.05) is 12.8 Å². The number of carbonyl (C=O) groups excluding carboxylic acids is 1. The smallest absolute Gasteiger partial charge is 0.462 e. The molecule has 1 aliphatic heterocycles. The lowest BCUT2D eigenvalue weighted by molar-refractivity contribution is -0.148. The number of hydrogen-bond donors (Lipinski definition) is 0. The Labute approximate surface area is 151 Å². The lowest BCUT2D eigenvalue weighted by Crippen LogP contribution is -2.41. The molecule has 0 N–H and O–H groups in total. The number of carbonyl (C=O) groups is 1. The molecule has 1 aromatic rings. The Morgan fingerprint density at radius 3 is 2.16 bits per heavy atom. The second-order valence-electron chi connectivity index (χ2n) is 8.29. The van der Waals surface area contributed by atoms with E-state index < -0.39 is 0 Å². The van der Waals surface area contributed by atoms with Gasteiger partial charge in [-0.15, -0.1) is 0 Å². The summed E-state index contributed by atoms with van der Waals surface area (Å²) < 4.78 is 17.8. The van der Waals surface area contributed by atoms with Gasteiger partial charge in [0.15, 0.2) is 0 Å². The van der Waals surface area contributed by atoms with Crippen LogP contribution in [0.1, 0.15) is 71.8 Å². The maximum absolute atomic E-state index is 11.4. The van der Waals surface area contributed by atoms with Crippen molar-refractivity contribution in [1.29, 1.82) is 0 Å². The number of hydrogen-bond acceptors (Lipinski definition) is 4. The summed E-state index contributed by atoms with van der Waals surface area (Å²) in [4.78, 5) is 11.4. The van der Waals surface area contributed by atoms with Crippen molar-refractivity contribution in [1.82, 2.24) is 0 Å². The van der Waals surface area contributed by atoms with Crippen LogP contribution in [0, 0.1) is 0 Å². The lowest BCUT2D eigenvalue weighted by Gasteiger charge is -2.32. The summed E-state index contributed by atoms with van der Waals surface area (Å²) in [7, 11) is -0.338. The first kappa shape index (κ1) is 18.5. The summed E-state index contributed by atoms with van der Waals surface area (Å²) in [5.74, 6) is 0.0933. The molecule has 0 bridgehead atoms. The first-order valence-corrected chi connectivity index (χ1v) is 9.32. The van der Waals surface area contributed by atoms with Crippen molar-refractivity contribution in [2.45, 2.75) is 83.5 Å². The van der Waals surface area contributed by atoms with Crippen LogP contribution in [-0.4, -0.2) is 30.4 Å². The van der Waals surface area contributed by atoms with Gasteiger partial charge in [0.2, 0.25) is 0 Å². The molecule has 5 heteroatoms. The molecule has 136 valence electrons. The Hall–Kier alpha value is -1.33. The molecule has 2 unspecified atom stereocenters. The lowest BCUT2D eigenvalue weighted by atomic mass is 9.76. The summed E-state index contributed by atoms with van der Waals surface area (Å²) in [6, 6.07) is 8.42. The maximum Gasteiger partial charge on any atom is 0.494 e. The van der Waals surface area contributed by atoms with Gasteiger partial charge in [-0.05, 0) is 58.0 Å². The molecule has 4 nitrogen and oxygen atoms in total. The highest BCUT2D eigenvalue weighted by atomic mass is 16.7. The van der Waals surface area contributed by atoms with Crippen LogP contribution in [0.25, 0.3) is 0 Å². The van der Waals surface area contributed by atoms with E-state index in [1.807, 2.05) is 0 Å². The molecule has 2 fully saturated rings. The Bertz CT molecular complexity index is 607. The topological polar surface area (TPSA) is 44.8 Å². The minimum Gasteiger partial charge on any atom is -0.462 e. The largest absolute Gasteiger partial charge is 0.494 e. The number of rotatable bonds is 3. The fourth-order valence-electron chi connectivity index (χ4n) is 3.71. The quantitative estimate of drug-likeness (QED) is 0.621. The van der Waals surface area contributed by atoms with Gasteiger partial charge < -0.3 is 14.0 Å². The minimum absolute atomic E-state index is 0.00560. The summed E-state index contributed by atoms with van der Waals surface area (Å²) in [5, 5.41) is 0. The number of benzene rings is 1. The van der Waals surface area contributed by atoms with Gasteiger partial charge in [-0.1, -0.05) is 30.7 Å². The van der Waals surface area contributed by atoms with Crippen molar-refractivity contribution in [3.63, 3.8) is 0 Å². The van der Waals surface area contributed by atoms with E-state index >= 15 is 0 Å². The summed E-state index contributed by atoms with van der Waals surface area (Å²) in [5.41, 5.74) is 1.59. The van der Waals surface area contributed by atoms with Gasteiger partial charge in [-0.3, -0.25) is 4.79 Å². The zero-order valence-electron chi connectivity index (χ0n) is 16.0. The molecule has 0 spiro atoms. The highest BCUT2D eigenvalue weighted by molar-refractivity contribution is 6.62. The van der Waals surface area contributed by atoms with Gasteiger partial charge >= 0.3 is 13.1 Å². The van der Waals surface area contributed by atoms with Gasteiger partial charge in [0.1, 0.15) is 6.10 Å². The van der Waals surface area contributed by atoms with Crippen molar-refractivity contribution in [2.24, 2.45) is 0 Å². The third kappa shape index (κ3) is 3.77. The van der Waals surface area contributed by atoms with Crippen LogP contribution in [0.2, 0.25) is 0 Å². The Balaban J connectivity index is 1.75. The summed E-state index contributed by atoms with van der Waals surface area (Å²) in [6.45, 7) is 9.74. The molecule has 1 aliphatic carbocycles. The van der Waals surface area contributed by atoms with E-state index in [1.54, 1.807) is 0 Å². The average Bonchev–Trinajstić information content (AvgIpc) is 2.76. The molecule has 2 aliphatic rings. The van der Waals surface area contributed by atoms with Crippen molar-refractivity contribution in [2.75, 3.05) is 0 Å². The minimum atomic E-state index is -0.338. The molecular formula is C20H29BO4. The summed E-state index contributed by atoms with van der Waals surface area (Å²) >= 11 is 0. The van der Waals surface area contributed by atoms with Crippen molar-refractivity contribution < 1.29 is 18.8 Å². The maximum atomic E-state index is 11.4. The Morgan fingerprint density at radius 2 is 1.60 bits per heavy atom. The first-order valence-electron chi connectivity index (χ1n) is 9.32. The van der Waals surface area contributed by atoms with Gasteiger partial charge in [0.05, 0.1) is 11.2 Å². The normalized spacial score (nSPS) is 28.0. The van der Waals surface area contributed by atoms with Gasteiger partial charge in [-0.2, -0.15) is 0 Å². The monoisotopic (exact) mass is 344 g/mol. The molecule has 0 radical (unpaired) electrons. The fraction of sp³-hybridized carbons (Fsp3) is 0.650. The second-order valence-corrected chi connectivity index (χ2v) is 8.29. The van der Waals surface area contributed by atoms with E-state index in [1.165, 1.54) is 18.9 Å². The van der Waals surface area contributed by atoms with Crippen LogP contribution in [-0.2, 0) is 18.8 Å². The molecule has 1 heterocycles. The molecule has 1 saturated heterocycles. The van der Waals surface area contributed by atoms with E-state index in [4.69, 9.17) is 14.0 Å². The van der Waals surface area contributed by atoms with Crippen LogP contribution < -0.4 is 5.46 Å².